The normalized spacial score (nSPS) is 15.3. The molecule has 0 bridgehead atoms. The van der Waals surface area contributed by atoms with Crippen molar-refractivity contribution in [1.82, 2.24) is 0 Å². The van der Waals surface area contributed by atoms with Gasteiger partial charge in [0.05, 0.1) is 10.6 Å². The van der Waals surface area contributed by atoms with E-state index in [4.69, 9.17) is 0 Å². The molecule has 6 heteroatoms. The monoisotopic (exact) mass is 339 g/mol. The van der Waals surface area contributed by atoms with Crippen LogP contribution in [0.3, 0.4) is 0 Å². The highest BCUT2D eigenvalue weighted by atomic mass is 16.6. The summed E-state index contributed by atoms with van der Waals surface area (Å²) in [6, 6.07) is 11.8. The zero-order valence-electron chi connectivity index (χ0n) is 14.0. The van der Waals surface area contributed by atoms with Crippen molar-refractivity contribution in [2.24, 2.45) is 4.99 Å². The van der Waals surface area contributed by atoms with Crippen molar-refractivity contribution in [3.63, 3.8) is 0 Å². The van der Waals surface area contributed by atoms with Gasteiger partial charge in [0.1, 0.15) is 5.75 Å². The molecule has 1 fully saturated rings. The molecule has 1 heterocycles. The largest absolute Gasteiger partial charge is 0.507 e. The van der Waals surface area contributed by atoms with Crippen LogP contribution in [0.1, 0.15) is 31.2 Å². The van der Waals surface area contributed by atoms with Crippen LogP contribution in [-0.2, 0) is 0 Å². The highest BCUT2D eigenvalue weighted by Crippen LogP contribution is 2.24. The predicted octanol–water partition coefficient (Wildman–Crippen LogP) is 4.43. The number of hydrogen-bond donors (Lipinski definition) is 1. The zero-order valence-corrected chi connectivity index (χ0v) is 14.0. The van der Waals surface area contributed by atoms with Gasteiger partial charge >= 0.3 is 0 Å². The van der Waals surface area contributed by atoms with Crippen molar-refractivity contribution < 1.29 is 10.0 Å². The van der Waals surface area contributed by atoms with Crippen molar-refractivity contribution in [2.45, 2.75) is 25.7 Å². The summed E-state index contributed by atoms with van der Waals surface area (Å²) in [6.45, 7) is 2.17. The van der Waals surface area contributed by atoms with Crippen molar-refractivity contribution >= 4 is 23.3 Å². The van der Waals surface area contributed by atoms with Gasteiger partial charge in [0.25, 0.3) is 5.69 Å². The Labute approximate surface area is 146 Å². The van der Waals surface area contributed by atoms with Gasteiger partial charge in [0, 0.05) is 42.7 Å². The van der Waals surface area contributed by atoms with Crippen LogP contribution in [-0.4, -0.2) is 29.3 Å². The fraction of sp³-hybridized carbons (Fsp3) is 0.316. The first-order valence-corrected chi connectivity index (χ1v) is 8.50. The topological polar surface area (TPSA) is 79.0 Å². The summed E-state index contributed by atoms with van der Waals surface area (Å²) < 4.78 is 0. The van der Waals surface area contributed by atoms with Gasteiger partial charge in [0.2, 0.25) is 0 Å². The number of nitro benzene ring substituents is 1. The van der Waals surface area contributed by atoms with E-state index in [1.165, 1.54) is 55.8 Å². The minimum absolute atomic E-state index is 0.0319. The van der Waals surface area contributed by atoms with Gasteiger partial charge in [-0.2, -0.15) is 0 Å². The lowest BCUT2D eigenvalue weighted by atomic mass is 10.2. The highest BCUT2D eigenvalue weighted by Gasteiger charge is 2.10. The van der Waals surface area contributed by atoms with Crippen LogP contribution in [0.15, 0.2) is 47.5 Å². The molecule has 25 heavy (non-hydrogen) atoms. The number of non-ortho nitro benzene ring substituents is 1. The second kappa shape index (κ2) is 7.79. The second-order valence-corrected chi connectivity index (χ2v) is 6.18. The van der Waals surface area contributed by atoms with Gasteiger partial charge in [-0.1, -0.05) is 12.8 Å². The van der Waals surface area contributed by atoms with Crippen LogP contribution in [0.25, 0.3) is 0 Å². The molecule has 130 valence electrons. The van der Waals surface area contributed by atoms with Crippen LogP contribution in [0.5, 0.6) is 5.75 Å². The van der Waals surface area contributed by atoms with Crippen molar-refractivity contribution in [3.8, 4) is 5.75 Å². The fourth-order valence-corrected chi connectivity index (χ4v) is 2.98. The number of phenols is 1. The molecule has 1 aliphatic heterocycles. The summed E-state index contributed by atoms with van der Waals surface area (Å²) in [6.07, 6.45) is 6.50. The molecule has 0 aliphatic carbocycles. The number of hydrogen-bond acceptors (Lipinski definition) is 5. The van der Waals surface area contributed by atoms with E-state index in [2.05, 4.69) is 9.89 Å². The number of nitrogens with zero attached hydrogens (tertiary/aromatic N) is 3. The Balaban J connectivity index is 1.74. The molecule has 0 atom stereocenters. The van der Waals surface area contributed by atoms with Crippen LogP contribution in [0.2, 0.25) is 0 Å². The Bertz CT molecular complexity index is 764. The van der Waals surface area contributed by atoms with E-state index in [-0.39, 0.29) is 11.4 Å². The molecular weight excluding hydrogens is 318 g/mol. The molecule has 0 spiro atoms. The lowest BCUT2D eigenvalue weighted by Crippen LogP contribution is -2.23. The van der Waals surface area contributed by atoms with E-state index in [0.717, 1.165) is 18.8 Å². The van der Waals surface area contributed by atoms with Crippen molar-refractivity contribution in [3.05, 3.63) is 58.1 Å². The molecule has 0 aromatic heterocycles. The van der Waals surface area contributed by atoms with Crippen LogP contribution < -0.4 is 4.90 Å². The Morgan fingerprint density at radius 1 is 1.04 bits per heavy atom. The lowest BCUT2D eigenvalue weighted by Gasteiger charge is -2.22. The van der Waals surface area contributed by atoms with Crippen molar-refractivity contribution in [2.75, 3.05) is 18.0 Å². The number of benzene rings is 2. The summed E-state index contributed by atoms with van der Waals surface area (Å²) in [7, 11) is 0. The molecule has 1 aliphatic rings. The molecule has 6 nitrogen and oxygen atoms in total. The maximum Gasteiger partial charge on any atom is 0.270 e. The summed E-state index contributed by atoms with van der Waals surface area (Å²) >= 11 is 0. The molecule has 0 saturated carbocycles. The van der Waals surface area contributed by atoms with Gasteiger partial charge in [-0.15, -0.1) is 0 Å². The van der Waals surface area contributed by atoms with Crippen LogP contribution in [0, 0.1) is 10.1 Å². The number of phenolic OH excluding ortho intramolecular Hbond substituents is 1. The summed E-state index contributed by atoms with van der Waals surface area (Å²) in [4.78, 5) is 17.0. The number of aromatic hydroxyl groups is 1. The van der Waals surface area contributed by atoms with Crippen LogP contribution in [0.4, 0.5) is 17.1 Å². The third kappa shape index (κ3) is 4.35. The third-order valence-corrected chi connectivity index (χ3v) is 4.40. The van der Waals surface area contributed by atoms with Gasteiger partial charge < -0.3 is 10.0 Å². The first-order chi connectivity index (χ1) is 12.1. The SMILES string of the molecule is O=[N+]([O-])c1ccc(O)c(C=Nc2ccc(N3CCCCCC3)cc2)c1. The Hall–Kier alpha value is -2.89. The van der Waals surface area contributed by atoms with Gasteiger partial charge in [-0.3, -0.25) is 15.1 Å². The highest BCUT2D eigenvalue weighted by molar-refractivity contribution is 5.86. The van der Waals surface area contributed by atoms with E-state index >= 15 is 0 Å². The number of anilines is 1. The minimum Gasteiger partial charge on any atom is -0.507 e. The molecule has 1 saturated heterocycles. The molecular formula is C19H21N3O3. The molecule has 0 unspecified atom stereocenters. The maximum atomic E-state index is 10.8. The number of nitro groups is 1. The third-order valence-electron chi connectivity index (χ3n) is 4.40. The molecule has 0 amide bonds. The summed E-state index contributed by atoms with van der Waals surface area (Å²) in [5, 5.41) is 20.6. The first-order valence-electron chi connectivity index (χ1n) is 8.50. The minimum atomic E-state index is -0.493. The number of aliphatic imine (C=N–C) groups is 1. The van der Waals surface area contributed by atoms with Gasteiger partial charge in [0.15, 0.2) is 0 Å². The van der Waals surface area contributed by atoms with E-state index < -0.39 is 4.92 Å². The average Bonchev–Trinajstić information content (AvgIpc) is 2.91. The van der Waals surface area contributed by atoms with E-state index in [0.29, 0.717) is 5.56 Å². The molecule has 1 N–H and O–H groups in total. The van der Waals surface area contributed by atoms with E-state index in [9.17, 15) is 15.2 Å². The average molecular weight is 339 g/mol. The quantitative estimate of drug-likeness (QED) is 0.508. The summed E-state index contributed by atoms with van der Waals surface area (Å²) in [5.41, 5.74) is 2.19. The predicted molar refractivity (Wildman–Crippen MR) is 99.1 cm³/mol. The second-order valence-electron chi connectivity index (χ2n) is 6.18. The van der Waals surface area contributed by atoms with E-state index in [1.807, 2.05) is 24.3 Å². The fourth-order valence-electron chi connectivity index (χ4n) is 2.98. The molecule has 2 aromatic rings. The Morgan fingerprint density at radius 3 is 2.36 bits per heavy atom. The van der Waals surface area contributed by atoms with E-state index in [1.54, 1.807) is 0 Å². The Kier molecular flexibility index (Phi) is 5.28. The zero-order chi connectivity index (χ0) is 17.6. The van der Waals surface area contributed by atoms with Crippen molar-refractivity contribution in [1.29, 1.82) is 0 Å². The molecule has 3 rings (SSSR count). The first kappa shape index (κ1) is 17.0. The molecule has 0 radical (unpaired) electrons. The molecule has 2 aromatic carbocycles. The van der Waals surface area contributed by atoms with Crippen LogP contribution >= 0.6 is 0 Å². The summed E-state index contributed by atoms with van der Waals surface area (Å²) in [5.74, 6) is -0.0319. The number of rotatable bonds is 4. The van der Waals surface area contributed by atoms with Gasteiger partial charge in [-0.25, -0.2) is 0 Å². The standard InChI is InChI=1S/C19H21N3O3/c23-19-10-9-18(22(24)25)13-15(19)14-20-16-5-7-17(8-6-16)21-11-3-1-2-4-12-21/h5-10,13-14,23H,1-4,11-12H2. The Morgan fingerprint density at radius 2 is 1.72 bits per heavy atom. The maximum absolute atomic E-state index is 10.8. The lowest BCUT2D eigenvalue weighted by molar-refractivity contribution is -0.384. The smallest absolute Gasteiger partial charge is 0.270 e. The van der Waals surface area contributed by atoms with Gasteiger partial charge in [-0.05, 0) is 43.2 Å².